The van der Waals surface area contributed by atoms with E-state index in [0.717, 1.165) is 4.47 Å². The molecular weight excluding hydrogens is 322 g/mol. The van der Waals surface area contributed by atoms with Gasteiger partial charge >= 0.3 is 5.97 Å². The van der Waals surface area contributed by atoms with Crippen molar-refractivity contribution >= 4 is 37.4 Å². The van der Waals surface area contributed by atoms with Crippen LogP contribution in [0.3, 0.4) is 0 Å². The van der Waals surface area contributed by atoms with Crippen molar-refractivity contribution in [2.75, 3.05) is 17.7 Å². The number of sulfone groups is 1. The number of nitrogens with zero attached hydrogens (tertiary/aromatic N) is 1. The molecule has 0 aliphatic carbocycles. The van der Waals surface area contributed by atoms with Gasteiger partial charge in [-0.15, -0.1) is 0 Å². The number of carbonyl (C=O) groups is 1. The second-order valence-electron chi connectivity index (χ2n) is 4.26. The molecule has 1 heterocycles. The fourth-order valence-corrected chi connectivity index (χ4v) is 4.25. The molecule has 1 atom stereocenters. The number of hydrogen-bond donors (Lipinski definition) is 1. The van der Waals surface area contributed by atoms with Gasteiger partial charge in [-0.3, -0.25) is 4.79 Å². The monoisotopic (exact) mass is 333 g/mol. The van der Waals surface area contributed by atoms with Gasteiger partial charge in [-0.1, -0.05) is 15.9 Å². The molecule has 1 N–H and O–H groups in total. The molecule has 0 saturated carbocycles. The fourth-order valence-electron chi connectivity index (χ4n) is 2.08. The topological polar surface area (TPSA) is 74.7 Å². The third kappa shape index (κ3) is 2.37. The number of fused-ring (bicyclic) bond motifs is 1. The Morgan fingerprint density at radius 1 is 1.56 bits per heavy atom. The predicted octanol–water partition coefficient (Wildman–Crippen LogP) is 1.52. The van der Waals surface area contributed by atoms with E-state index in [1.165, 1.54) is 0 Å². The molecule has 0 spiro atoms. The summed E-state index contributed by atoms with van der Waals surface area (Å²) in [5, 5.41) is 8.83. The first kappa shape index (κ1) is 13.4. The normalized spacial score (nSPS) is 21.4. The molecule has 1 aliphatic heterocycles. The van der Waals surface area contributed by atoms with E-state index in [-0.39, 0.29) is 17.1 Å². The first-order chi connectivity index (χ1) is 8.31. The SMILES string of the molecule is CN1c2cc(Br)ccc2S(=O)(=O)CC1CC(=O)O. The van der Waals surface area contributed by atoms with Gasteiger partial charge in [0.05, 0.1) is 28.8 Å². The third-order valence-electron chi connectivity index (χ3n) is 3.01. The molecular formula is C11H12BrNO4S. The van der Waals surface area contributed by atoms with Gasteiger partial charge in [-0.2, -0.15) is 0 Å². The summed E-state index contributed by atoms with van der Waals surface area (Å²) in [6, 6.07) is 4.37. The molecule has 5 nitrogen and oxygen atoms in total. The van der Waals surface area contributed by atoms with Crippen LogP contribution in [-0.4, -0.2) is 38.3 Å². The predicted molar refractivity (Wildman–Crippen MR) is 70.6 cm³/mol. The summed E-state index contributed by atoms with van der Waals surface area (Å²) in [4.78, 5) is 12.7. The summed E-state index contributed by atoms with van der Waals surface area (Å²) in [5.41, 5.74) is 0.543. The number of rotatable bonds is 2. The summed E-state index contributed by atoms with van der Waals surface area (Å²) in [5.74, 6) is -1.16. The Kier molecular flexibility index (Phi) is 3.37. The van der Waals surface area contributed by atoms with Crippen LogP contribution in [0.4, 0.5) is 5.69 Å². The van der Waals surface area contributed by atoms with Gasteiger partial charge in [0.2, 0.25) is 0 Å². The second-order valence-corrected chi connectivity index (χ2v) is 7.17. The zero-order valence-electron chi connectivity index (χ0n) is 9.63. The Labute approximate surface area is 113 Å². The minimum atomic E-state index is -3.41. The van der Waals surface area contributed by atoms with Crippen LogP contribution in [-0.2, 0) is 14.6 Å². The third-order valence-corrected chi connectivity index (χ3v) is 5.34. The zero-order chi connectivity index (χ0) is 13.5. The van der Waals surface area contributed by atoms with Crippen LogP contribution >= 0.6 is 15.9 Å². The summed E-state index contributed by atoms with van der Waals surface area (Å²) in [6.07, 6.45) is -0.193. The van der Waals surface area contributed by atoms with Gasteiger partial charge in [-0.05, 0) is 18.2 Å². The molecule has 0 bridgehead atoms. The lowest BCUT2D eigenvalue weighted by molar-refractivity contribution is -0.137. The first-order valence-electron chi connectivity index (χ1n) is 5.28. The lowest BCUT2D eigenvalue weighted by atomic mass is 10.1. The summed E-state index contributed by atoms with van der Waals surface area (Å²) >= 11 is 3.29. The molecule has 1 aromatic carbocycles. The van der Waals surface area contributed by atoms with Crippen molar-refractivity contribution < 1.29 is 18.3 Å². The second kappa shape index (κ2) is 4.55. The number of benzene rings is 1. The van der Waals surface area contributed by atoms with E-state index in [2.05, 4.69) is 15.9 Å². The molecule has 7 heteroatoms. The molecule has 0 amide bonds. The number of halogens is 1. The zero-order valence-corrected chi connectivity index (χ0v) is 12.0. The smallest absolute Gasteiger partial charge is 0.305 e. The Balaban J connectivity index is 2.52. The van der Waals surface area contributed by atoms with Crippen LogP contribution < -0.4 is 4.90 Å². The number of hydrogen-bond acceptors (Lipinski definition) is 4. The summed E-state index contributed by atoms with van der Waals surface area (Å²) in [6.45, 7) is 0. The minimum Gasteiger partial charge on any atom is -0.481 e. The van der Waals surface area contributed by atoms with Gasteiger partial charge < -0.3 is 10.0 Å². The van der Waals surface area contributed by atoms with E-state index in [0.29, 0.717) is 5.69 Å². The average molecular weight is 334 g/mol. The van der Waals surface area contributed by atoms with Crippen molar-refractivity contribution in [1.82, 2.24) is 0 Å². The van der Waals surface area contributed by atoms with Gasteiger partial charge in [0.25, 0.3) is 0 Å². The van der Waals surface area contributed by atoms with Crippen molar-refractivity contribution in [2.45, 2.75) is 17.4 Å². The molecule has 1 aromatic rings. The van der Waals surface area contributed by atoms with Crippen LogP contribution in [0.5, 0.6) is 0 Å². The van der Waals surface area contributed by atoms with E-state index in [9.17, 15) is 13.2 Å². The van der Waals surface area contributed by atoms with E-state index in [4.69, 9.17) is 5.11 Å². The molecule has 0 fully saturated rings. The van der Waals surface area contributed by atoms with E-state index >= 15 is 0 Å². The van der Waals surface area contributed by atoms with Crippen molar-refractivity contribution in [3.63, 3.8) is 0 Å². The van der Waals surface area contributed by atoms with E-state index in [1.54, 1.807) is 30.1 Å². The molecule has 1 aliphatic rings. The van der Waals surface area contributed by atoms with E-state index < -0.39 is 21.8 Å². The molecule has 1 unspecified atom stereocenters. The molecule has 2 rings (SSSR count). The highest BCUT2D eigenvalue weighted by Crippen LogP contribution is 2.35. The highest BCUT2D eigenvalue weighted by atomic mass is 79.9. The van der Waals surface area contributed by atoms with E-state index in [1.807, 2.05) is 0 Å². The highest BCUT2D eigenvalue weighted by molar-refractivity contribution is 9.10. The lowest BCUT2D eigenvalue weighted by Crippen LogP contribution is -2.43. The van der Waals surface area contributed by atoms with Crippen LogP contribution in [0, 0.1) is 0 Å². The molecule has 0 aromatic heterocycles. The van der Waals surface area contributed by atoms with Crippen LogP contribution in [0.15, 0.2) is 27.6 Å². The molecule has 18 heavy (non-hydrogen) atoms. The number of carboxylic acids is 1. The molecule has 0 saturated heterocycles. The van der Waals surface area contributed by atoms with Gasteiger partial charge in [0, 0.05) is 11.5 Å². The molecule has 98 valence electrons. The molecule has 0 radical (unpaired) electrons. The van der Waals surface area contributed by atoms with Crippen LogP contribution in [0.2, 0.25) is 0 Å². The highest BCUT2D eigenvalue weighted by Gasteiger charge is 2.34. The average Bonchev–Trinajstić information content (AvgIpc) is 2.24. The maximum atomic E-state index is 12.1. The quantitative estimate of drug-likeness (QED) is 0.888. The van der Waals surface area contributed by atoms with Gasteiger partial charge in [-0.25, -0.2) is 8.42 Å². The van der Waals surface area contributed by atoms with Gasteiger partial charge in [0.15, 0.2) is 9.84 Å². The van der Waals surface area contributed by atoms with Crippen molar-refractivity contribution in [3.05, 3.63) is 22.7 Å². The summed E-state index contributed by atoms with van der Waals surface area (Å²) < 4.78 is 24.9. The largest absolute Gasteiger partial charge is 0.481 e. The Bertz CT molecular complexity index is 599. The standard InChI is InChI=1S/C11H12BrNO4S/c1-13-8(5-11(14)15)6-18(16,17)10-3-2-7(12)4-9(10)13/h2-4,8H,5-6H2,1H3,(H,14,15). The lowest BCUT2D eigenvalue weighted by Gasteiger charge is -2.34. The van der Waals surface area contributed by atoms with Crippen molar-refractivity contribution in [2.24, 2.45) is 0 Å². The number of aliphatic carboxylic acids is 1. The fraction of sp³-hybridized carbons (Fsp3) is 0.364. The Hall–Kier alpha value is -1.08. The maximum absolute atomic E-state index is 12.1. The minimum absolute atomic E-state index is 0.162. The maximum Gasteiger partial charge on any atom is 0.305 e. The Morgan fingerprint density at radius 3 is 2.83 bits per heavy atom. The van der Waals surface area contributed by atoms with Crippen molar-refractivity contribution in [3.8, 4) is 0 Å². The number of anilines is 1. The van der Waals surface area contributed by atoms with Crippen LogP contribution in [0.1, 0.15) is 6.42 Å². The Morgan fingerprint density at radius 2 is 2.22 bits per heavy atom. The first-order valence-corrected chi connectivity index (χ1v) is 7.73. The number of carboxylic acid groups (broad SMARTS) is 1. The van der Waals surface area contributed by atoms with Gasteiger partial charge in [0.1, 0.15) is 0 Å². The van der Waals surface area contributed by atoms with Crippen molar-refractivity contribution in [1.29, 1.82) is 0 Å². The van der Waals surface area contributed by atoms with Crippen LogP contribution in [0.25, 0.3) is 0 Å². The summed E-state index contributed by atoms with van der Waals surface area (Å²) in [7, 11) is -1.70.